The smallest absolute Gasteiger partial charge is 0.312 e. The first-order chi connectivity index (χ1) is 10.5. The van der Waals surface area contributed by atoms with E-state index in [1.807, 2.05) is 31.2 Å². The van der Waals surface area contributed by atoms with E-state index in [2.05, 4.69) is 5.10 Å². The van der Waals surface area contributed by atoms with Gasteiger partial charge in [-0.15, -0.1) is 0 Å². The number of hydrogen-bond acceptors (Lipinski definition) is 3. The molecule has 1 amide bonds. The van der Waals surface area contributed by atoms with Gasteiger partial charge in [-0.25, -0.2) is 0 Å². The van der Waals surface area contributed by atoms with Crippen molar-refractivity contribution in [3.05, 3.63) is 52.8 Å². The van der Waals surface area contributed by atoms with Gasteiger partial charge in [0.2, 0.25) is 0 Å². The number of aliphatic carboxylic acids is 1. The molecule has 0 unspecified atom stereocenters. The number of benzene rings is 1. The fraction of sp³-hybridized carbons (Fsp3) is 0.312. The van der Waals surface area contributed by atoms with Crippen LogP contribution in [0.3, 0.4) is 0 Å². The van der Waals surface area contributed by atoms with Gasteiger partial charge in [0.15, 0.2) is 0 Å². The Morgan fingerprint density at radius 2 is 2.05 bits per heavy atom. The summed E-state index contributed by atoms with van der Waals surface area (Å²) in [6.45, 7) is 2.42. The highest BCUT2D eigenvalue weighted by molar-refractivity contribution is 5.93. The van der Waals surface area contributed by atoms with Crippen molar-refractivity contribution in [2.24, 2.45) is 7.05 Å². The van der Waals surface area contributed by atoms with E-state index >= 15 is 0 Å². The Labute approximate surface area is 128 Å². The molecular weight excluding hydrogens is 282 g/mol. The molecule has 22 heavy (non-hydrogen) atoms. The Morgan fingerprint density at radius 1 is 1.32 bits per heavy atom. The summed E-state index contributed by atoms with van der Waals surface area (Å²) in [6.07, 6.45) is 0. The van der Waals surface area contributed by atoms with E-state index in [4.69, 9.17) is 0 Å². The number of carbonyl (C=O) groups is 2. The topological polar surface area (TPSA) is 75.4 Å². The van der Waals surface area contributed by atoms with Crippen LogP contribution in [0.1, 0.15) is 33.2 Å². The molecule has 3 rings (SSSR count). The van der Waals surface area contributed by atoms with Gasteiger partial charge in [-0.1, -0.05) is 24.3 Å². The third-order valence-electron chi connectivity index (χ3n) is 4.00. The summed E-state index contributed by atoms with van der Waals surface area (Å²) in [7, 11) is 1.72. The number of aryl methyl sites for hydroxylation is 2. The Morgan fingerprint density at radius 3 is 2.68 bits per heavy atom. The summed E-state index contributed by atoms with van der Waals surface area (Å²) in [5.41, 5.74) is 2.91. The molecule has 1 aromatic heterocycles. The number of carboxylic acid groups (broad SMARTS) is 1. The van der Waals surface area contributed by atoms with E-state index in [0.717, 1.165) is 16.8 Å². The normalized spacial score (nSPS) is 17.2. The summed E-state index contributed by atoms with van der Waals surface area (Å²) in [5, 5.41) is 13.6. The van der Waals surface area contributed by atoms with Crippen molar-refractivity contribution in [2.45, 2.75) is 19.4 Å². The number of aromatic nitrogens is 2. The molecule has 6 nitrogen and oxygen atoms in total. The second-order valence-corrected chi connectivity index (χ2v) is 5.57. The van der Waals surface area contributed by atoms with Crippen LogP contribution >= 0.6 is 0 Å². The number of amides is 1. The summed E-state index contributed by atoms with van der Waals surface area (Å²) in [4.78, 5) is 25.8. The van der Waals surface area contributed by atoms with Crippen LogP contribution in [-0.2, 0) is 18.4 Å². The first kappa shape index (κ1) is 14.3. The number of carbonyl (C=O) groups excluding carboxylic acids is 1. The number of hydrogen-bond donors (Lipinski definition) is 1. The van der Waals surface area contributed by atoms with Crippen LogP contribution in [0.15, 0.2) is 30.3 Å². The standard InChI is InChI=1S/C16H17N3O3/c1-10-7-14(18(2)17-10)15(20)19-8-11-5-3-4-6-12(11)13(9-19)16(21)22/h3-7,13H,8-9H2,1-2H3,(H,21,22)/t13-/m1/s1. The molecular formula is C16H17N3O3. The van der Waals surface area contributed by atoms with Crippen LogP contribution in [0.2, 0.25) is 0 Å². The summed E-state index contributed by atoms with van der Waals surface area (Å²) < 4.78 is 1.54. The minimum atomic E-state index is -0.911. The van der Waals surface area contributed by atoms with E-state index < -0.39 is 11.9 Å². The Hall–Kier alpha value is -2.63. The number of fused-ring (bicyclic) bond motifs is 1. The maximum atomic E-state index is 12.7. The predicted molar refractivity (Wildman–Crippen MR) is 79.5 cm³/mol. The van der Waals surface area contributed by atoms with Crippen LogP contribution in [0, 0.1) is 6.92 Å². The highest BCUT2D eigenvalue weighted by Crippen LogP contribution is 2.29. The average Bonchev–Trinajstić information content (AvgIpc) is 2.83. The minimum absolute atomic E-state index is 0.176. The molecule has 0 aliphatic carbocycles. The summed E-state index contributed by atoms with van der Waals surface area (Å²) >= 11 is 0. The Kier molecular flexibility index (Phi) is 3.44. The van der Waals surface area contributed by atoms with Gasteiger partial charge in [0, 0.05) is 20.1 Å². The molecule has 2 heterocycles. The average molecular weight is 299 g/mol. The third-order valence-corrected chi connectivity index (χ3v) is 4.00. The SMILES string of the molecule is Cc1cc(C(=O)N2Cc3ccccc3[C@H](C(=O)O)C2)n(C)n1. The van der Waals surface area contributed by atoms with Gasteiger partial charge in [0.25, 0.3) is 5.91 Å². The predicted octanol–water partition coefficient (Wildman–Crippen LogP) is 1.55. The number of nitrogens with zero attached hydrogens (tertiary/aromatic N) is 3. The van der Waals surface area contributed by atoms with E-state index in [1.165, 1.54) is 4.68 Å². The second kappa shape index (κ2) is 5.29. The molecule has 114 valence electrons. The maximum Gasteiger partial charge on any atom is 0.312 e. The molecule has 0 bridgehead atoms. The molecule has 1 N–H and O–H groups in total. The van der Waals surface area contributed by atoms with Crippen molar-refractivity contribution in [3.63, 3.8) is 0 Å². The zero-order valence-electron chi connectivity index (χ0n) is 12.5. The molecule has 1 aromatic carbocycles. The highest BCUT2D eigenvalue weighted by Gasteiger charge is 2.33. The molecule has 0 fully saturated rings. The largest absolute Gasteiger partial charge is 0.481 e. The van der Waals surface area contributed by atoms with Crippen LogP contribution in [0.4, 0.5) is 0 Å². The molecule has 1 aliphatic rings. The van der Waals surface area contributed by atoms with Gasteiger partial charge in [-0.05, 0) is 24.1 Å². The maximum absolute atomic E-state index is 12.7. The van der Waals surface area contributed by atoms with Gasteiger partial charge >= 0.3 is 5.97 Å². The molecule has 6 heteroatoms. The minimum Gasteiger partial charge on any atom is -0.481 e. The van der Waals surface area contributed by atoms with Crippen molar-refractivity contribution in [1.82, 2.24) is 14.7 Å². The van der Waals surface area contributed by atoms with Crippen LogP contribution in [0.25, 0.3) is 0 Å². The van der Waals surface area contributed by atoms with Gasteiger partial charge in [-0.2, -0.15) is 5.10 Å². The molecule has 0 radical (unpaired) electrons. The van der Waals surface area contributed by atoms with Crippen molar-refractivity contribution in [1.29, 1.82) is 0 Å². The molecule has 2 aromatic rings. The fourth-order valence-electron chi connectivity index (χ4n) is 2.95. The molecule has 1 atom stereocenters. The molecule has 0 saturated heterocycles. The fourth-order valence-corrected chi connectivity index (χ4v) is 2.95. The summed E-state index contributed by atoms with van der Waals surface area (Å²) in [6, 6.07) is 9.11. The van der Waals surface area contributed by atoms with Crippen molar-refractivity contribution >= 4 is 11.9 Å². The highest BCUT2D eigenvalue weighted by atomic mass is 16.4. The lowest BCUT2D eigenvalue weighted by atomic mass is 9.89. The van der Waals surface area contributed by atoms with E-state index in [-0.39, 0.29) is 12.5 Å². The first-order valence-corrected chi connectivity index (χ1v) is 7.08. The summed E-state index contributed by atoms with van der Waals surface area (Å²) in [5.74, 6) is -1.79. The van der Waals surface area contributed by atoms with Crippen LogP contribution in [-0.4, -0.2) is 38.2 Å². The van der Waals surface area contributed by atoms with Crippen molar-refractivity contribution in [2.75, 3.05) is 6.54 Å². The van der Waals surface area contributed by atoms with Crippen LogP contribution < -0.4 is 0 Å². The number of carboxylic acids is 1. The lowest BCUT2D eigenvalue weighted by Gasteiger charge is -2.32. The first-order valence-electron chi connectivity index (χ1n) is 7.08. The molecule has 1 aliphatic heterocycles. The quantitative estimate of drug-likeness (QED) is 0.913. The Balaban J connectivity index is 1.95. The lowest BCUT2D eigenvalue weighted by molar-refractivity contribution is -0.139. The zero-order valence-corrected chi connectivity index (χ0v) is 12.5. The second-order valence-electron chi connectivity index (χ2n) is 5.57. The third kappa shape index (κ3) is 2.36. The van der Waals surface area contributed by atoms with Gasteiger partial charge in [-0.3, -0.25) is 14.3 Å². The molecule has 0 saturated carbocycles. The lowest BCUT2D eigenvalue weighted by Crippen LogP contribution is -2.41. The van der Waals surface area contributed by atoms with E-state index in [1.54, 1.807) is 18.0 Å². The van der Waals surface area contributed by atoms with Gasteiger partial charge < -0.3 is 10.0 Å². The number of rotatable bonds is 2. The zero-order chi connectivity index (χ0) is 15.9. The van der Waals surface area contributed by atoms with Crippen LogP contribution in [0.5, 0.6) is 0 Å². The van der Waals surface area contributed by atoms with Gasteiger partial charge in [0.05, 0.1) is 11.6 Å². The van der Waals surface area contributed by atoms with E-state index in [9.17, 15) is 14.7 Å². The van der Waals surface area contributed by atoms with E-state index in [0.29, 0.717) is 12.2 Å². The van der Waals surface area contributed by atoms with Crippen molar-refractivity contribution < 1.29 is 14.7 Å². The Bertz CT molecular complexity index is 751. The monoisotopic (exact) mass is 299 g/mol. The van der Waals surface area contributed by atoms with Gasteiger partial charge in [0.1, 0.15) is 5.69 Å². The molecule has 0 spiro atoms. The van der Waals surface area contributed by atoms with Crippen molar-refractivity contribution in [3.8, 4) is 0 Å².